The van der Waals surface area contributed by atoms with Crippen LogP contribution in [0.25, 0.3) is 0 Å². The second-order valence-corrected chi connectivity index (χ2v) is 3.36. The topological polar surface area (TPSA) is 0 Å². The SMILES string of the molecule is CC.CC.CCC1CCC(CC)C1. The molecule has 0 aliphatic heterocycles. The van der Waals surface area contributed by atoms with Crippen LogP contribution in [0.15, 0.2) is 0 Å². The first-order chi connectivity index (χ1) is 6.36. The monoisotopic (exact) mass is 186 g/mol. The van der Waals surface area contributed by atoms with E-state index >= 15 is 0 Å². The molecule has 0 nitrogen and oxygen atoms in total. The summed E-state index contributed by atoms with van der Waals surface area (Å²) in [6.45, 7) is 12.6. The van der Waals surface area contributed by atoms with Gasteiger partial charge in [-0.2, -0.15) is 0 Å². The molecule has 0 N–H and O–H groups in total. The summed E-state index contributed by atoms with van der Waals surface area (Å²) in [7, 11) is 0. The molecule has 0 aromatic rings. The molecule has 0 bridgehead atoms. The summed E-state index contributed by atoms with van der Waals surface area (Å²) in [6.07, 6.45) is 7.37. The van der Waals surface area contributed by atoms with Gasteiger partial charge in [-0.25, -0.2) is 0 Å². The van der Waals surface area contributed by atoms with Crippen LogP contribution < -0.4 is 0 Å². The van der Waals surface area contributed by atoms with Gasteiger partial charge in [0.05, 0.1) is 0 Å². The molecule has 82 valence electrons. The summed E-state index contributed by atoms with van der Waals surface area (Å²) >= 11 is 0. The van der Waals surface area contributed by atoms with Crippen molar-refractivity contribution >= 4 is 0 Å². The largest absolute Gasteiger partial charge is 0.0683 e. The van der Waals surface area contributed by atoms with E-state index in [0.29, 0.717) is 0 Å². The van der Waals surface area contributed by atoms with E-state index in [0.717, 1.165) is 11.8 Å². The second kappa shape index (κ2) is 12.0. The Balaban J connectivity index is 0. The first kappa shape index (κ1) is 15.5. The summed E-state index contributed by atoms with van der Waals surface area (Å²) in [5.41, 5.74) is 0. The van der Waals surface area contributed by atoms with Crippen LogP contribution in [-0.2, 0) is 0 Å². The predicted octanol–water partition coefficient (Wildman–Crippen LogP) is 5.28. The van der Waals surface area contributed by atoms with Gasteiger partial charge in [0.2, 0.25) is 0 Å². The van der Waals surface area contributed by atoms with Crippen LogP contribution >= 0.6 is 0 Å². The highest BCUT2D eigenvalue weighted by Crippen LogP contribution is 2.34. The predicted molar refractivity (Wildman–Crippen MR) is 64.1 cm³/mol. The van der Waals surface area contributed by atoms with E-state index in [-0.39, 0.29) is 0 Å². The summed E-state index contributed by atoms with van der Waals surface area (Å²) in [5, 5.41) is 0. The quantitative estimate of drug-likeness (QED) is 0.551. The van der Waals surface area contributed by atoms with Crippen molar-refractivity contribution in [2.24, 2.45) is 11.8 Å². The van der Waals surface area contributed by atoms with Crippen LogP contribution in [-0.4, -0.2) is 0 Å². The first-order valence-electron chi connectivity index (χ1n) is 6.36. The number of hydrogen-bond donors (Lipinski definition) is 0. The van der Waals surface area contributed by atoms with Gasteiger partial charge in [-0.15, -0.1) is 0 Å². The van der Waals surface area contributed by atoms with Crippen LogP contribution in [0.5, 0.6) is 0 Å². The normalized spacial score (nSPS) is 25.4. The molecule has 1 saturated carbocycles. The molecule has 1 aliphatic rings. The van der Waals surface area contributed by atoms with Crippen LogP contribution in [0, 0.1) is 11.8 Å². The van der Waals surface area contributed by atoms with Gasteiger partial charge in [-0.05, 0) is 18.3 Å². The summed E-state index contributed by atoms with van der Waals surface area (Å²) < 4.78 is 0. The third kappa shape index (κ3) is 7.10. The van der Waals surface area contributed by atoms with Crippen molar-refractivity contribution in [2.75, 3.05) is 0 Å². The Labute approximate surface area is 86.1 Å². The molecule has 0 radical (unpaired) electrons. The van der Waals surface area contributed by atoms with Gasteiger partial charge >= 0.3 is 0 Å². The molecular weight excluding hydrogens is 156 g/mol. The zero-order chi connectivity index (χ0) is 10.7. The van der Waals surface area contributed by atoms with Gasteiger partial charge in [-0.1, -0.05) is 67.2 Å². The van der Waals surface area contributed by atoms with Crippen LogP contribution in [0.2, 0.25) is 0 Å². The van der Waals surface area contributed by atoms with Gasteiger partial charge in [0.1, 0.15) is 0 Å². The van der Waals surface area contributed by atoms with Crippen molar-refractivity contribution in [3.8, 4) is 0 Å². The van der Waals surface area contributed by atoms with Gasteiger partial charge in [0, 0.05) is 0 Å². The molecule has 0 amide bonds. The van der Waals surface area contributed by atoms with Crippen molar-refractivity contribution in [2.45, 2.75) is 73.6 Å². The first-order valence-corrected chi connectivity index (χ1v) is 6.36. The maximum atomic E-state index is 2.32. The molecule has 0 heterocycles. The smallest absolute Gasteiger partial charge is 0.0414 e. The molecule has 2 unspecified atom stereocenters. The van der Waals surface area contributed by atoms with Gasteiger partial charge < -0.3 is 0 Å². The Morgan fingerprint density at radius 2 is 1.08 bits per heavy atom. The maximum absolute atomic E-state index is 2.32. The molecule has 1 aliphatic carbocycles. The average Bonchev–Trinajstić information content (AvgIpc) is 2.71. The fraction of sp³-hybridized carbons (Fsp3) is 1.00. The molecule has 1 rings (SSSR count). The molecule has 0 spiro atoms. The van der Waals surface area contributed by atoms with Crippen molar-refractivity contribution < 1.29 is 0 Å². The third-order valence-electron chi connectivity index (χ3n) is 2.80. The van der Waals surface area contributed by atoms with E-state index in [4.69, 9.17) is 0 Å². The molecule has 0 aromatic carbocycles. The van der Waals surface area contributed by atoms with E-state index in [1.54, 1.807) is 0 Å². The van der Waals surface area contributed by atoms with E-state index in [2.05, 4.69) is 13.8 Å². The second-order valence-electron chi connectivity index (χ2n) is 3.36. The molecule has 0 saturated heterocycles. The fourth-order valence-corrected chi connectivity index (χ4v) is 1.92. The lowest BCUT2D eigenvalue weighted by atomic mass is 10.0. The van der Waals surface area contributed by atoms with E-state index in [9.17, 15) is 0 Å². The summed E-state index contributed by atoms with van der Waals surface area (Å²) in [4.78, 5) is 0. The molecule has 2 atom stereocenters. The molecule has 0 heteroatoms. The third-order valence-corrected chi connectivity index (χ3v) is 2.80. The fourth-order valence-electron chi connectivity index (χ4n) is 1.92. The standard InChI is InChI=1S/C9H18.2C2H6/c1-3-8-5-6-9(4-2)7-8;2*1-2/h8-9H,3-7H2,1-2H3;2*1-2H3. The summed E-state index contributed by atoms with van der Waals surface area (Å²) in [6, 6.07) is 0. The van der Waals surface area contributed by atoms with Gasteiger partial charge in [0.25, 0.3) is 0 Å². The molecule has 1 fully saturated rings. The Bertz CT molecular complexity index is 66.1. The lowest BCUT2D eigenvalue weighted by Gasteiger charge is -2.05. The van der Waals surface area contributed by atoms with Crippen molar-refractivity contribution in [1.29, 1.82) is 0 Å². The van der Waals surface area contributed by atoms with Gasteiger partial charge in [-0.3, -0.25) is 0 Å². The van der Waals surface area contributed by atoms with Crippen molar-refractivity contribution in [1.82, 2.24) is 0 Å². The highest BCUT2D eigenvalue weighted by molar-refractivity contribution is 4.73. The van der Waals surface area contributed by atoms with E-state index < -0.39 is 0 Å². The molecule has 0 aromatic heterocycles. The lowest BCUT2D eigenvalue weighted by molar-refractivity contribution is 0.471. The average molecular weight is 186 g/mol. The highest BCUT2D eigenvalue weighted by Gasteiger charge is 2.20. The van der Waals surface area contributed by atoms with E-state index in [1.807, 2.05) is 27.7 Å². The zero-order valence-electron chi connectivity index (χ0n) is 10.7. The van der Waals surface area contributed by atoms with Crippen LogP contribution in [0.4, 0.5) is 0 Å². The Morgan fingerprint density at radius 3 is 1.23 bits per heavy atom. The minimum Gasteiger partial charge on any atom is -0.0683 e. The molecular formula is C13H30. The Morgan fingerprint density at radius 1 is 0.769 bits per heavy atom. The number of hydrogen-bond acceptors (Lipinski definition) is 0. The molecule has 13 heavy (non-hydrogen) atoms. The summed E-state index contributed by atoms with van der Waals surface area (Å²) in [5.74, 6) is 2.16. The van der Waals surface area contributed by atoms with Crippen LogP contribution in [0.3, 0.4) is 0 Å². The van der Waals surface area contributed by atoms with Crippen molar-refractivity contribution in [3.63, 3.8) is 0 Å². The lowest BCUT2D eigenvalue weighted by Crippen LogP contribution is -1.92. The Kier molecular flexibility index (Phi) is 14.3. The van der Waals surface area contributed by atoms with E-state index in [1.165, 1.54) is 32.1 Å². The highest BCUT2D eigenvalue weighted by atomic mass is 14.3. The zero-order valence-corrected chi connectivity index (χ0v) is 10.7. The number of rotatable bonds is 2. The van der Waals surface area contributed by atoms with Crippen LogP contribution in [0.1, 0.15) is 73.6 Å². The Hall–Kier alpha value is 0. The minimum absolute atomic E-state index is 1.08. The maximum Gasteiger partial charge on any atom is -0.0414 e. The minimum atomic E-state index is 1.08. The van der Waals surface area contributed by atoms with Gasteiger partial charge in [0.15, 0.2) is 0 Å². The van der Waals surface area contributed by atoms with Crippen molar-refractivity contribution in [3.05, 3.63) is 0 Å².